The van der Waals surface area contributed by atoms with Crippen LogP contribution in [0.15, 0.2) is 36.4 Å². The largest absolute Gasteiger partial charge is 0.507 e. The molecule has 94 valence electrons. The average molecular weight is 246 g/mol. The molecule has 18 heavy (non-hydrogen) atoms. The van der Waals surface area contributed by atoms with Crippen LogP contribution in [0.4, 0.5) is 0 Å². The molecule has 0 aliphatic heterocycles. The molecule has 1 atom stereocenters. The molecule has 0 saturated carbocycles. The van der Waals surface area contributed by atoms with Gasteiger partial charge in [0.2, 0.25) is 0 Å². The lowest BCUT2D eigenvalue weighted by molar-refractivity contribution is 0.0294. The third-order valence-corrected chi connectivity index (χ3v) is 2.54. The van der Waals surface area contributed by atoms with Gasteiger partial charge in [0.1, 0.15) is 17.9 Å². The van der Waals surface area contributed by atoms with Crippen molar-refractivity contribution in [2.45, 2.75) is 13.0 Å². The summed E-state index contributed by atoms with van der Waals surface area (Å²) < 4.78 is 4.87. The highest BCUT2D eigenvalue weighted by Gasteiger charge is 2.14. The van der Waals surface area contributed by atoms with Crippen LogP contribution < -0.4 is 0 Å². The Hall–Kier alpha value is -2.07. The Labute approximate surface area is 104 Å². The van der Waals surface area contributed by atoms with Gasteiger partial charge in [-0.1, -0.05) is 24.3 Å². The van der Waals surface area contributed by atoms with Crippen molar-refractivity contribution in [1.29, 1.82) is 0 Å². The molecule has 0 aromatic heterocycles. The van der Waals surface area contributed by atoms with Crippen LogP contribution in [0.1, 0.15) is 17.3 Å². The summed E-state index contributed by atoms with van der Waals surface area (Å²) in [5, 5.41) is 20.5. The van der Waals surface area contributed by atoms with Gasteiger partial charge in [0.25, 0.3) is 0 Å². The van der Waals surface area contributed by atoms with Gasteiger partial charge >= 0.3 is 5.97 Å². The van der Waals surface area contributed by atoms with Crippen LogP contribution in [0.2, 0.25) is 0 Å². The number of esters is 1. The molecule has 4 heteroatoms. The molecule has 0 aliphatic carbocycles. The first kappa shape index (κ1) is 12.4. The fourth-order valence-corrected chi connectivity index (χ4v) is 1.67. The van der Waals surface area contributed by atoms with Crippen molar-refractivity contribution < 1.29 is 19.7 Å². The van der Waals surface area contributed by atoms with E-state index >= 15 is 0 Å². The van der Waals surface area contributed by atoms with Crippen LogP contribution in [0.3, 0.4) is 0 Å². The summed E-state index contributed by atoms with van der Waals surface area (Å²) >= 11 is 0. The van der Waals surface area contributed by atoms with Gasteiger partial charge < -0.3 is 14.9 Å². The van der Waals surface area contributed by atoms with E-state index in [1.165, 1.54) is 13.0 Å². The number of fused-ring (bicyclic) bond motifs is 1. The second kappa shape index (κ2) is 5.06. The third kappa shape index (κ3) is 2.60. The molecule has 0 saturated heterocycles. The first-order chi connectivity index (χ1) is 8.58. The second-order valence-electron chi connectivity index (χ2n) is 4.16. The molecule has 0 spiro atoms. The van der Waals surface area contributed by atoms with Crippen LogP contribution >= 0.6 is 0 Å². The van der Waals surface area contributed by atoms with Gasteiger partial charge in [-0.2, -0.15) is 0 Å². The van der Waals surface area contributed by atoms with Crippen LogP contribution in [0.25, 0.3) is 10.8 Å². The Morgan fingerprint density at radius 3 is 2.50 bits per heavy atom. The molecule has 2 aromatic rings. The van der Waals surface area contributed by atoms with Crippen LogP contribution in [0.5, 0.6) is 5.75 Å². The third-order valence-electron chi connectivity index (χ3n) is 2.54. The Balaban J connectivity index is 2.32. The Morgan fingerprint density at radius 1 is 1.28 bits per heavy atom. The number of phenolic OH excluding ortho intramolecular Hbond substituents is 1. The smallest absolute Gasteiger partial charge is 0.342 e. The number of ether oxygens (including phenoxy) is 1. The van der Waals surface area contributed by atoms with Crippen molar-refractivity contribution in [3.63, 3.8) is 0 Å². The maximum atomic E-state index is 11.7. The summed E-state index contributed by atoms with van der Waals surface area (Å²) in [4.78, 5) is 11.7. The molecule has 2 rings (SSSR count). The Morgan fingerprint density at radius 2 is 1.89 bits per heavy atom. The predicted octanol–water partition coefficient (Wildman–Crippen LogP) is 2.08. The van der Waals surface area contributed by atoms with E-state index in [1.54, 1.807) is 6.07 Å². The number of aliphatic hydroxyl groups is 1. The number of hydrogen-bond acceptors (Lipinski definition) is 4. The molecule has 0 heterocycles. The number of aliphatic hydroxyl groups excluding tert-OH is 1. The topological polar surface area (TPSA) is 66.8 Å². The van der Waals surface area contributed by atoms with E-state index in [0.29, 0.717) is 0 Å². The summed E-state index contributed by atoms with van der Waals surface area (Å²) in [5.74, 6) is -0.761. The van der Waals surface area contributed by atoms with Crippen molar-refractivity contribution in [3.05, 3.63) is 42.0 Å². The zero-order valence-corrected chi connectivity index (χ0v) is 9.96. The van der Waals surface area contributed by atoms with E-state index < -0.39 is 12.1 Å². The maximum Gasteiger partial charge on any atom is 0.342 e. The molecule has 0 amide bonds. The van der Waals surface area contributed by atoms with E-state index in [2.05, 4.69) is 0 Å². The second-order valence-corrected chi connectivity index (χ2v) is 4.16. The number of carbonyl (C=O) groups is 1. The lowest BCUT2D eigenvalue weighted by Crippen LogP contribution is -2.15. The van der Waals surface area contributed by atoms with Crippen LogP contribution in [-0.2, 0) is 4.74 Å². The van der Waals surface area contributed by atoms with E-state index in [0.717, 1.165) is 10.8 Å². The maximum absolute atomic E-state index is 11.7. The Kier molecular flexibility index (Phi) is 3.48. The van der Waals surface area contributed by atoms with E-state index in [1.807, 2.05) is 24.3 Å². The van der Waals surface area contributed by atoms with Gasteiger partial charge in [0.05, 0.1) is 6.10 Å². The molecule has 2 N–H and O–H groups in total. The standard InChI is InChI=1S/C14H14O4/c1-9(15)8-18-14(17)12-6-10-4-2-3-5-11(10)7-13(12)16/h2-7,9,15-16H,8H2,1H3. The van der Waals surface area contributed by atoms with E-state index in [4.69, 9.17) is 9.84 Å². The number of hydrogen-bond donors (Lipinski definition) is 2. The number of aromatic hydroxyl groups is 1. The lowest BCUT2D eigenvalue weighted by atomic mass is 10.1. The molecule has 0 fully saturated rings. The van der Waals surface area contributed by atoms with Crippen molar-refractivity contribution in [2.24, 2.45) is 0 Å². The zero-order chi connectivity index (χ0) is 13.1. The monoisotopic (exact) mass is 246 g/mol. The first-order valence-electron chi connectivity index (χ1n) is 5.65. The predicted molar refractivity (Wildman–Crippen MR) is 67.6 cm³/mol. The number of rotatable bonds is 3. The van der Waals surface area contributed by atoms with Crippen LogP contribution in [-0.4, -0.2) is 28.9 Å². The zero-order valence-electron chi connectivity index (χ0n) is 9.96. The molecule has 0 aliphatic rings. The van der Waals surface area contributed by atoms with E-state index in [-0.39, 0.29) is 17.9 Å². The fraction of sp³-hybridized carbons (Fsp3) is 0.214. The quantitative estimate of drug-likeness (QED) is 0.814. The lowest BCUT2D eigenvalue weighted by Gasteiger charge is -2.09. The molecular weight excluding hydrogens is 232 g/mol. The average Bonchev–Trinajstić information content (AvgIpc) is 2.35. The van der Waals surface area contributed by atoms with Gasteiger partial charge in [-0.05, 0) is 29.8 Å². The van der Waals surface area contributed by atoms with Gasteiger partial charge in [-0.25, -0.2) is 4.79 Å². The normalized spacial score (nSPS) is 12.3. The van der Waals surface area contributed by atoms with Crippen molar-refractivity contribution in [2.75, 3.05) is 6.61 Å². The SMILES string of the molecule is CC(O)COC(=O)c1cc2ccccc2cc1O. The van der Waals surface area contributed by atoms with Gasteiger partial charge in [0, 0.05) is 0 Å². The summed E-state index contributed by atoms with van der Waals surface area (Å²) in [6.45, 7) is 1.43. The molecule has 4 nitrogen and oxygen atoms in total. The minimum absolute atomic E-state index is 0.0922. The molecule has 0 radical (unpaired) electrons. The van der Waals surface area contributed by atoms with Gasteiger partial charge in [-0.15, -0.1) is 0 Å². The minimum Gasteiger partial charge on any atom is -0.507 e. The van der Waals surface area contributed by atoms with Gasteiger partial charge in [0.15, 0.2) is 0 Å². The summed E-state index contributed by atoms with van der Waals surface area (Å²) in [7, 11) is 0. The highest BCUT2D eigenvalue weighted by Crippen LogP contribution is 2.25. The van der Waals surface area contributed by atoms with Crippen molar-refractivity contribution in [3.8, 4) is 5.75 Å². The van der Waals surface area contributed by atoms with E-state index in [9.17, 15) is 9.90 Å². The number of benzene rings is 2. The highest BCUT2D eigenvalue weighted by atomic mass is 16.5. The van der Waals surface area contributed by atoms with Crippen molar-refractivity contribution in [1.82, 2.24) is 0 Å². The molecular formula is C14H14O4. The number of carbonyl (C=O) groups excluding carboxylic acids is 1. The molecule has 1 unspecified atom stereocenters. The molecule has 0 bridgehead atoms. The fourth-order valence-electron chi connectivity index (χ4n) is 1.67. The first-order valence-corrected chi connectivity index (χ1v) is 5.65. The number of phenols is 1. The van der Waals surface area contributed by atoms with Crippen molar-refractivity contribution >= 4 is 16.7 Å². The summed E-state index contributed by atoms with van der Waals surface area (Å²) in [6, 6.07) is 10.5. The summed E-state index contributed by atoms with van der Waals surface area (Å²) in [6.07, 6.45) is -0.725. The summed E-state index contributed by atoms with van der Waals surface area (Å²) in [5.41, 5.74) is 0.106. The minimum atomic E-state index is -0.725. The van der Waals surface area contributed by atoms with Crippen LogP contribution in [0, 0.1) is 0 Å². The van der Waals surface area contributed by atoms with Gasteiger partial charge in [-0.3, -0.25) is 0 Å². The molecule has 2 aromatic carbocycles. The highest BCUT2D eigenvalue weighted by molar-refractivity contribution is 5.98. The Bertz CT molecular complexity index is 575.